The maximum atomic E-state index is 13.5. The van der Waals surface area contributed by atoms with Crippen LogP contribution >= 0.6 is 11.3 Å². The molecule has 0 spiro atoms. The number of amides is 1. The Hall–Kier alpha value is -2.65. The number of ether oxygens (including phenoxy) is 1. The first kappa shape index (κ1) is 18.7. The molecule has 3 aromatic rings. The van der Waals surface area contributed by atoms with Gasteiger partial charge in [-0.15, -0.1) is 11.3 Å². The number of carbonyl (C=O) groups is 1. The fourth-order valence-corrected chi connectivity index (χ4v) is 4.04. The predicted molar refractivity (Wildman–Crippen MR) is 105 cm³/mol. The number of carbonyl (C=O) groups excluding carboxylic acids is 1. The Kier molecular flexibility index (Phi) is 5.19. The normalized spacial score (nSPS) is 17.4. The topological polar surface area (TPSA) is 80.2 Å². The molecule has 0 radical (unpaired) electrons. The lowest BCUT2D eigenvalue weighted by molar-refractivity contribution is 0.0199. The van der Waals surface area contributed by atoms with E-state index in [9.17, 15) is 9.18 Å². The van der Waals surface area contributed by atoms with Crippen LogP contribution in [0.3, 0.4) is 0 Å². The third-order valence-corrected chi connectivity index (χ3v) is 5.75. The van der Waals surface area contributed by atoms with Gasteiger partial charge in [-0.2, -0.15) is 0 Å². The standard InChI is InChI=1S/C19H20FN5O2S/c1-11(12-7-13(20)9-21-8-12)22-19-23-15-4-6-28-17(15)16(24-19)18(26)25-5-3-14(25)10-27-2/h4,6-9,11,14H,3,5,10H2,1-2H3,(H,22,23,24)/t11?,14-/m1/s1. The van der Waals surface area contributed by atoms with Crippen LogP contribution in [0.1, 0.15) is 35.4 Å². The van der Waals surface area contributed by atoms with Gasteiger partial charge in [0.1, 0.15) is 5.82 Å². The number of hydrogen-bond acceptors (Lipinski definition) is 7. The van der Waals surface area contributed by atoms with E-state index in [-0.39, 0.29) is 18.0 Å². The van der Waals surface area contributed by atoms with Crippen LogP contribution in [-0.2, 0) is 4.74 Å². The van der Waals surface area contributed by atoms with Crippen LogP contribution in [0.15, 0.2) is 29.9 Å². The Balaban J connectivity index is 1.63. The molecule has 1 amide bonds. The van der Waals surface area contributed by atoms with Gasteiger partial charge in [0, 0.05) is 19.9 Å². The summed E-state index contributed by atoms with van der Waals surface area (Å²) in [5.41, 5.74) is 1.76. The first-order valence-electron chi connectivity index (χ1n) is 8.99. The van der Waals surface area contributed by atoms with Crippen molar-refractivity contribution in [3.05, 3.63) is 47.0 Å². The number of anilines is 1. The Morgan fingerprint density at radius 1 is 1.46 bits per heavy atom. The van der Waals surface area contributed by atoms with E-state index in [0.717, 1.165) is 17.3 Å². The number of pyridine rings is 1. The number of hydrogen-bond donors (Lipinski definition) is 1. The number of fused-ring (bicyclic) bond motifs is 1. The van der Waals surface area contributed by atoms with Crippen molar-refractivity contribution in [2.45, 2.75) is 25.4 Å². The average molecular weight is 401 g/mol. The van der Waals surface area contributed by atoms with Crippen molar-refractivity contribution in [1.29, 1.82) is 0 Å². The molecule has 2 atom stereocenters. The molecule has 0 aromatic carbocycles. The summed E-state index contributed by atoms with van der Waals surface area (Å²) in [6, 6.07) is 3.08. The summed E-state index contributed by atoms with van der Waals surface area (Å²) in [5.74, 6) is -0.195. The third kappa shape index (κ3) is 3.55. The van der Waals surface area contributed by atoms with Gasteiger partial charge in [0.25, 0.3) is 5.91 Å². The highest BCUT2D eigenvalue weighted by molar-refractivity contribution is 7.17. The maximum Gasteiger partial charge on any atom is 0.274 e. The highest BCUT2D eigenvalue weighted by atomic mass is 32.1. The quantitative estimate of drug-likeness (QED) is 0.683. The summed E-state index contributed by atoms with van der Waals surface area (Å²) in [5, 5.41) is 5.05. The fraction of sp³-hybridized carbons (Fsp3) is 0.368. The predicted octanol–water partition coefficient (Wildman–Crippen LogP) is 3.26. The van der Waals surface area contributed by atoms with Crippen molar-refractivity contribution in [3.8, 4) is 0 Å². The van der Waals surface area contributed by atoms with Gasteiger partial charge in [-0.05, 0) is 36.4 Å². The molecule has 1 aliphatic heterocycles. The second-order valence-corrected chi connectivity index (χ2v) is 7.65. The van der Waals surface area contributed by atoms with Crippen LogP contribution in [-0.4, -0.2) is 52.1 Å². The van der Waals surface area contributed by atoms with Crippen LogP contribution in [0, 0.1) is 5.82 Å². The number of likely N-dealkylation sites (tertiary alicyclic amines) is 1. The molecule has 9 heteroatoms. The molecule has 1 fully saturated rings. The molecule has 7 nitrogen and oxygen atoms in total. The number of nitrogens with one attached hydrogen (secondary N) is 1. The molecular formula is C19H20FN5O2S. The molecule has 0 bridgehead atoms. The summed E-state index contributed by atoms with van der Waals surface area (Å²) in [6.07, 6.45) is 3.67. The summed E-state index contributed by atoms with van der Waals surface area (Å²) in [6.45, 7) is 3.07. The van der Waals surface area contributed by atoms with Crippen LogP contribution in [0.25, 0.3) is 10.2 Å². The first-order chi connectivity index (χ1) is 13.6. The molecule has 0 saturated carbocycles. The van der Waals surface area contributed by atoms with Crippen LogP contribution < -0.4 is 5.32 Å². The maximum absolute atomic E-state index is 13.5. The Morgan fingerprint density at radius 3 is 3.04 bits per heavy atom. The van der Waals surface area contributed by atoms with Crippen LogP contribution in [0.2, 0.25) is 0 Å². The van der Waals surface area contributed by atoms with Gasteiger partial charge in [-0.25, -0.2) is 14.4 Å². The first-order valence-corrected chi connectivity index (χ1v) is 9.87. The minimum Gasteiger partial charge on any atom is -0.383 e. The zero-order valence-corrected chi connectivity index (χ0v) is 16.4. The number of rotatable bonds is 6. The molecule has 1 N–H and O–H groups in total. The summed E-state index contributed by atoms with van der Waals surface area (Å²) >= 11 is 1.44. The molecule has 28 heavy (non-hydrogen) atoms. The van der Waals surface area contributed by atoms with E-state index in [1.165, 1.54) is 17.4 Å². The highest BCUT2D eigenvalue weighted by Gasteiger charge is 2.34. The largest absolute Gasteiger partial charge is 0.383 e. The Bertz CT molecular complexity index is 1010. The molecule has 3 aromatic heterocycles. The second-order valence-electron chi connectivity index (χ2n) is 6.73. The van der Waals surface area contributed by atoms with Gasteiger partial charge in [0.15, 0.2) is 5.69 Å². The van der Waals surface area contributed by atoms with E-state index in [4.69, 9.17) is 4.74 Å². The van der Waals surface area contributed by atoms with E-state index in [1.807, 2.05) is 18.4 Å². The lowest BCUT2D eigenvalue weighted by Crippen LogP contribution is -2.53. The van der Waals surface area contributed by atoms with Gasteiger partial charge >= 0.3 is 0 Å². The smallest absolute Gasteiger partial charge is 0.274 e. The van der Waals surface area contributed by atoms with Crippen molar-refractivity contribution in [1.82, 2.24) is 19.9 Å². The number of thiophene rings is 1. The number of aromatic nitrogens is 3. The van der Waals surface area contributed by atoms with Crippen molar-refractivity contribution in [2.75, 3.05) is 25.6 Å². The summed E-state index contributed by atoms with van der Waals surface area (Å²) in [4.78, 5) is 27.7. The molecular weight excluding hydrogens is 381 g/mol. The lowest BCUT2D eigenvalue weighted by atomic mass is 10.0. The van der Waals surface area contributed by atoms with Gasteiger partial charge < -0.3 is 15.0 Å². The molecule has 4 heterocycles. The minimum absolute atomic E-state index is 0.0798. The number of methoxy groups -OCH3 is 1. The van der Waals surface area contributed by atoms with Gasteiger partial charge in [-0.1, -0.05) is 0 Å². The monoisotopic (exact) mass is 401 g/mol. The van der Waals surface area contributed by atoms with Crippen molar-refractivity contribution < 1.29 is 13.9 Å². The molecule has 1 saturated heterocycles. The zero-order valence-electron chi connectivity index (χ0n) is 15.6. The highest BCUT2D eigenvalue weighted by Crippen LogP contribution is 2.29. The van der Waals surface area contributed by atoms with E-state index in [2.05, 4.69) is 20.3 Å². The Labute approximate surface area is 165 Å². The zero-order chi connectivity index (χ0) is 19.7. The van der Waals surface area contributed by atoms with Gasteiger partial charge in [0.2, 0.25) is 5.95 Å². The van der Waals surface area contributed by atoms with E-state index in [0.29, 0.717) is 35.9 Å². The minimum atomic E-state index is -0.404. The SMILES string of the molecule is COC[C@H]1CCN1C(=O)c1nc(NC(C)c2cncc(F)c2)nc2ccsc12. The van der Waals surface area contributed by atoms with Crippen LogP contribution in [0.4, 0.5) is 10.3 Å². The molecule has 0 aliphatic carbocycles. The Morgan fingerprint density at radius 2 is 2.32 bits per heavy atom. The summed E-state index contributed by atoms with van der Waals surface area (Å²) in [7, 11) is 1.63. The number of halogens is 1. The molecule has 146 valence electrons. The lowest BCUT2D eigenvalue weighted by Gasteiger charge is -2.40. The van der Waals surface area contributed by atoms with Gasteiger partial charge in [-0.3, -0.25) is 9.78 Å². The second kappa shape index (κ2) is 7.76. The van der Waals surface area contributed by atoms with E-state index >= 15 is 0 Å². The molecule has 4 rings (SSSR count). The third-order valence-electron chi connectivity index (χ3n) is 4.84. The summed E-state index contributed by atoms with van der Waals surface area (Å²) < 4.78 is 19.4. The van der Waals surface area contributed by atoms with E-state index in [1.54, 1.807) is 18.2 Å². The van der Waals surface area contributed by atoms with E-state index < -0.39 is 5.82 Å². The van der Waals surface area contributed by atoms with Gasteiger partial charge in [0.05, 0.1) is 35.1 Å². The van der Waals surface area contributed by atoms with Crippen molar-refractivity contribution in [2.24, 2.45) is 0 Å². The number of nitrogens with zero attached hydrogens (tertiary/aromatic N) is 4. The molecule has 1 aliphatic rings. The van der Waals surface area contributed by atoms with Crippen molar-refractivity contribution >= 4 is 33.4 Å². The fourth-order valence-electron chi connectivity index (χ4n) is 3.22. The average Bonchev–Trinajstić information content (AvgIpc) is 3.13. The molecule has 1 unspecified atom stereocenters. The van der Waals surface area contributed by atoms with Crippen LogP contribution in [0.5, 0.6) is 0 Å². The van der Waals surface area contributed by atoms with Crippen molar-refractivity contribution in [3.63, 3.8) is 0 Å².